The molecule has 1 aromatic carbocycles. The second-order valence-electron chi connectivity index (χ2n) is 5.26. The maximum atomic E-state index is 6.24. The van der Waals surface area contributed by atoms with E-state index in [2.05, 4.69) is 18.9 Å². The van der Waals surface area contributed by atoms with Crippen molar-refractivity contribution < 1.29 is 0 Å². The fourth-order valence-electron chi connectivity index (χ4n) is 2.43. The number of para-hydroxylation sites is 1. The van der Waals surface area contributed by atoms with Gasteiger partial charge in [0.15, 0.2) is 0 Å². The van der Waals surface area contributed by atoms with Crippen molar-refractivity contribution in [2.75, 3.05) is 0 Å². The van der Waals surface area contributed by atoms with Crippen LogP contribution in [-0.4, -0.2) is 9.78 Å². The second-order valence-corrected chi connectivity index (χ2v) is 5.26. The van der Waals surface area contributed by atoms with Gasteiger partial charge >= 0.3 is 0 Å². The lowest BCUT2D eigenvalue weighted by molar-refractivity contribution is 0.435. The summed E-state index contributed by atoms with van der Waals surface area (Å²) in [6, 6.07) is 12.2. The van der Waals surface area contributed by atoms with Gasteiger partial charge in [0.25, 0.3) is 0 Å². The van der Waals surface area contributed by atoms with E-state index < -0.39 is 0 Å². The molecule has 0 spiro atoms. The van der Waals surface area contributed by atoms with E-state index in [1.807, 2.05) is 47.3 Å². The van der Waals surface area contributed by atoms with E-state index in [1.54, 1.807) is 0 Å². The highest BCUT2D eigenvalue weighted by Gasteiger charge is 2.13. The number of benzene rings is 1. The summed E-state index contributed by atoms with van der Waals surface area (Å²) in [5.41, 5.74) is 8.29. The molecular weight excluding hydrogens is 234 g/mol. The van der Waals surface area contributed by atoms with Crippen molar-refractivity contribution in [2.24, 2.45) is 11.7 Å². The molecule has 0 bridgehead atoms. The van der Waals surface area contributed by atoms with Crippen LogP contribution in [0.4, 0.5) is 0 Å². The SMILES string of the molecule is CCCC(C)CC(N)c1ccn(-c2ccccc2)n1. The molecule has 0 radical (unpaired) electrons. The highest BCUT2D eigenvalue weighted by Crippen LogP contribution is 2.21. The van der Waals surface area contributed by atoms with Crippen molar-refractivity contribution in [3.8, 4) is 5.69 Å². The molecule has 2 unspecified atom stereocenters. The standard InChI is InChI=1S/C16H23N3/c1-3-7-13(2)12-15(17)16-10-11-19(18-16)14-8-5-4-6-9-14/h4-6,8-11,13,15H,3,7,12,17H2,1-2H3. The molecule has 2 N–H and O–H groups in total. The largest absolute Gasteiger partial charge is 0.323 e. The molecule has 2 atom stereocenters. The lowest BCUT2D eigenvalue weighted by Crippen LogP contribution is -2.15. The Labute approximate surface area is 115 Å². The third kappa shape index (κ3) is 3.67. The van der Waals surface area contributed by atoms with Crippen LogP contribution in [0.3, 0.4) is 0 Å². The molecule has 102 valence electrons. The van der Waals surface area contributed by atoms with E-state index in [1.165, 1.54) is 12.8 Å². The van der Waals surface area contributed by atoms with Crippen LogP contribution >= 0.6 is 0 Å². The molecule has 1 heterocycles. The average molecular weight is 257 g/mol. The van der Waals surface area contributed by atoms with Crippen LogP contribution in [0.1, 0.15) is 44.8 Å². The van der Waals surface area contributed by atoms with Gasteiger partial charge in [0.05, 0.1) is 11.4 Å². The summed E-state index contributed by atoms with van der Waals surface area (Å²) in [5, 5.41) is 4.59. The Balaban J connectivity index is 2.04. The predicted octanol–water partition coefficient (Wildman–Crippen LogP) is 3.70. The van der Waals surface area contributed by atoms with Gasteiger partial charge in [-0.25, -0.2) is 4.68 Å². The first-order valence-corrected chi connectivity index (χ1v) is 7.07. The van der Waals surface area contributed by atoms with Gasteiger partial charge in [-0.15, -0.1) is 0 Å². The molecule has 0 fully saturated rings. The molecule has 0 amide bonds. The highest BCUT2D eigenvalue weighted by molar-refractivity contribution is 5.30. The zero-order chi connectivity index (χ0) is 13.7. The number of hydrogen-bond acceptors (Lipinski definition) is 2. The fourth-order valence-corrected chi connectivity index (χ4v) is 2.43. The quantitative estimate of drug-likeness (QED) is 0.857. The van der Waals surface area contributed by atoms with E-state index in [4.69, 9.17) is 5.73 Å². The first kappa shape index (κ1) is 13.8. The van der Waals surface area contributed by atoms with Gasteiger partial charge in [0.1, 0.15) is 0 Å². The van der Waals surface area contributed by atoms with Gasteiger partial charge in [0.2, 0.25) is 0 Å². The predicted molar refractivity (Wildman–Crippen MR) is 79.2 cm³/mol. The van der Waals surface area contributed by atoms with E-state index in [9.17, 15) is 0 Å². The average Bonchev–Trinajstić information content (AvgIpc) is 2.89. The summed E-state index contributed by atoms with van der Waals surface area (Å²) < 4.78 is 1.89. The van der Waals surface area contributed by atoms with Gasteiger partial charge in [-0.2, -0.15) is 5.10 Å². The molecule has 2 aromatic rings. The molecule has 2 rings (SSSR count). The van der Waals surface area contributed by atoms with Gasteiger partial charge < -0.3 is 5.73 Å². The molecule has 3 nitrogen and oxygen atoms in total. The van der Waals surface area contributed by atoms with Crippen LogP contribution in [0.15, 0.2) is 42.6 Å². The van der Waals surface area contributed by atoms with Crippen molar-refractivity contribution in [3.05, 3.63) is 48.3 Å². The lowest BCUT2D eigenvalue weighted by atomic mass is 9.96. The molecule has 0 saturated heterocycles. The van der Waals surface area contributed by atoms with Crippen LogP contribution in [0.5, 0.6) is 0 Å². The number of nitrogens with zero attached hydrogens (tertiary/aromatic N) is 2. The van der Waals surface area contributed by atoms with Crippen molar-refractivity contribution in [1.29, 1.82) is 0 Å². The zero-order valence-electron chi connectivity index (χ0n) is 11.8. The number of nitrogens with two attached hydrogens (primary N) is 1. The van der Waals surface area contributed by atoms with Gasteiger partial charge in [-0.3, -0.25) is 0 Å². The number of hydrogen-bond donors (Lipinski definition) is 1. The van der Waals surface area contributed by atoms with Crippen molar-refractivity contribution in [3.63, 3.8) is 0 Å². The van der Waals surface area contributed by atoms with Crippen LogP contribution in [-0.2, 0) is 0 Å². The summed E-state index contributed by atoms with van der Waals surface area (Å²) in [6.45, 7) is 4.48. The fraction of sp³-hybridized carbons (Fsp3) is 0.438. The van der Waals surface area contributed by atoms with Crippen molar-refractivity contribution in [1.82, 2.24) is 9.78 Å². The molecule has 0 aliphatic rings. The Morgan fingerprint density at radius 2 is 1.95 bits per heavy atom. The zero-order valence-corrected chi connectivity index (χ0v) is 11.8. The van der Waals surface area contributed by atoms with E-state index in [0.717, 1.165) is 17.8 Å². The number of aromatic nitrogens is 2. The highest BCUT2D eigenvalue weighted by atomic mass is 15.3. The number of rotatable bonds is 6. The molecular formula is C16H23N3. The lowest BCUT2D eigenvalue weighted by Gasteiger charge is -2.14. The smallest absolute Gasteiger partial charge is 0.0796 e. The minimum Gasteiger partial charge on any atom is -0.323 e. The Morgan fingerprint density at radius 3 is 2.63 bits per heavy atom. The summed E-state index contributed by atoms with van der Waals surface area (Å²) in [5.74, 6) is 0.655. The first-order valence-electron chi connectivity index (χ1n) is 7.07. The molecule has 19 heavy (non-hydrogen) atoms. The Morgan fingerprint density at radius 1 is 1.21 bits per heavy atom. The van der Waals surface area contributed by atoms with Gasteiger partial charge in [-0.05, 0) is 30.5 Å². The normalized spacial score (nSPS) is 14.3. The Hall–Kier alpha value is -1.61. The maximum Gasteiger partial charge on any atom is 0.0796 e. The maximum absolute atomic E-state index is 6.24. The summed E-state index contributed by atoms with van der Waals surface area (Å²) in [4.78, 5) is 0. The summed E-state index contributed by atoms with van der Waals surface area (Å²) in [6.07, 6.45) is 5.42. The molecule has 3 heteroatoms. The van der Waals surface area contributed by atoms with Gasteiger partial charge in [0, 0.05) is 12.2 Å². The minimum absolute atomic E-state index is 0.0338. The summed E-state index contributed by atoms with van der Waals surface area (Å²) in [7, 11) is 0. The second kappa shape index (κ2) is 6.53. The van der Waals surface area contributed by atoms with Crippen LogP contribution in [0.2, 0.25) is 0 Å². The van der Waals surface area contributed by atoms with Crippen molar-refractivity contribution >= 4 is 0 Å². The minimum atomic E-state index is 0.0338. The third-order valence-corrected chi connectivity index (χ3v) is 3.45. The third-order valence-electron chi connectivity index (χ3n) is 3.45. The Kier molecular flexibility index (Phi) is 4.74. The molecule has 0 saturated carbocycles. The van der Waals surface area contributed by atoms with Crippen molar-refractivity contribution in [2.45, 2.75) is 39.2 Å². The van der Waals surface area contributed by atoms with Crippen LogP contribution < -0.4 is 5.73 Å². The summed E-state index contributed by atoms with van der Waals surface area (Å²) >= 11 is 0. The molecule has 0 aliphatic heterocycles. The van der Waals surface area contributed by atoms with E-state index >= 15 is 0 Å². The van der Waals surface area contributed by atoms with E-state index in [0.29, 0.717) is 5.92 Å². The van der Waals surface area contributed by atoms with Gasteiger partial charge in [-0.1, -0.05) is 44.9 Å². The molecule has 0 aliphatic carbocycles. The molecule has 1 aromatic heterocycles. The monoisotopic (exact) mass is 257 g/mol. The first-order chi connectivity index (χ1) is 9.20. The topological polar surface area (TPSA) is 43.8 Å². The van der Waals surface area contributed by atoms with E-state index in [-0.39, 0.29) is 6.04 Å². The Bertz CT molecular complexity index is 490. The van der Waals surface area contributed by atoms with Crippen LogP contribution in [0.25, 0.3) is 5.69 Å². The van der Waals surface area contributed by atoms with Crippen LogP contribution in [0, 0.1) is 5.92 Å².